The summed E-state index contributed by atoms with van der Waals surface area (Å²) in [5, 5.41) is 3.72. The third-order valence-corrected chi connectivity index (χ3v) is 6.15. The fourth-order valence-corrected chi connectivity index (χ4v) is 4.11. The smallest absolute Gasteiger partial charge is 0.309 e. The van der Waals surface area contributed by atoms with Crippen molar-refractivity contribution in [1.29, 1.82) is 0 Å². The van der Waals surface area contributed by atoms with E-state index in [0.717, 1.165) is 17.5 Å². The highest BCUT2D eigenvalue weighted by Gasteiger charge is 2.35. The minimum atomic E-state index is -0.273. The van der Waals surface area contributed by atoms with Gasteiger partial charge in [-0.05, 0) is 42.5 Å². The molecule has 2 aromatic heterocycles. The minimum absolute atomic E-state index is 0.115. The van der Waals surface area contributed by atoms with Gasteiger partial charge < -0.3 is 25.2 Å². The van der Waals surface area contributed by atoms with Gasteiger partial charge >= 0.3 is 12.3 Å². The lowest BCUT2D eigenvalue weighted by Gasteiger charge is -2.28. The number of carbonyl (C=O) groups is 2. The molecule has 0 saturated carbocycles. The lowest BCUT2D eigenvalue weighted by molar-refractivity contribution is -0.119. The maximum atomic E-state index is 12.6. The molecule has 0 saturated heterocycles. The van der Waals surface area contributed by atoms with Crippen LogP contribution in [-0.4, -0.2) is 35.4 Å². The monoisotopic (exact) mass is 496 g/mol. The van der Waals surface area contributed by atoms with Crippen LogP contribution >= 0.6 is 0 Å². The summed E-state index contributed by atoms with van der Waals surface area (Å²) in [7, 11) is 0. The third-order valence-electron chi connectivity index (χ3n) is 6.15. The molecule has 0 fully saturated rings. The molecule has 4 N–H and O–H groups in total. The number of imidazole rings is 1. The zero-order chi connectivity index (χ0) is 25.7. The molecule has 0 radical (unpaired) electrons. The van der Waals surface area contributed by atoms with Gasteiger partial charge in [0.15, 0.2) is 0 Å². The van der Waals surface area contributed by atoms with Crippen LogP contribution in [0.25, 0.3) is 11.0 Å². The van der Waals surface area contributed by atoms with Gasteiger partial charge in [0.2, 0.25) is 0 Å². The first-order valence-electron chi connectivity index (χ1n) is 11.7. The van der Waals surface area contributed by atoms with E-state index in [1.807, 2.05) is 30.3 Å². The molecular weight excluding hydrogens is 470 g/mol. The Balaban J connectivity index is 1.29. The Morgan fingerprint density at radius 2 is 1.86 bits per heavy atom. The summed E-state index contributed by atoms with van der Waals surface area (Å²) in [6.45, 7) is 0.877. The first-order valence-corrected chi connectivity index (χ1v) is 11.7. The second-order valence-electron chi connectivity index (χ2n) is 8.63. The van der Waals surface area contributed by atoms with Crippen molar-refractivity contribution in [3.63, 3.8) is 0 Å². The molecule has 9 heteroatoms. The Bertz CT molecular complexity index is 1480. The number of aromatic nitrogens is 2. The molecule has 9 nitrogen and oxygen atoms in total. The van der Waals surface area contributed by atoms with Crippen LogP contribution in [0.15, 0.2) is 95.8 Å². The van der Waals surface area contributed by atoms with Crippen LogP contribution in [0.3, 0.4) is 0 Å². The van der Waals surface area contributed by atoms with Gasteiger partial charge in [-0.25, -0.2) is 9.78 Å². The standard InChI is InChI=1S/C28H25N5O4/c29-24-6-2-3-7-25(24)32-28(35)20-9-11-23(12-10-20)36-14-13-33(19-34,17-22-16-30-18-31-22)27-15-21-5-1-4-8-26(21)37-27/h1-12,15-16,18-19H,13-14,17,29H2,(H-,30,31,32,35)/p+1. The molecule has 3 aromatic carbocycles. The first-order chi connectivity index (χ1) is 18.1. The van der Waals surface area contributed by atoms with E-state index in [1.165, 1.54) is 0 Å². The number of aromatic amines is 1. The highest BCUT2D eigenvalue weighted by Crippen LogP contribution is 2.31. The number of rotatable bonds is 10. The molecule has 2 amide bonds. The topological polar surface area (TPSA) is 123 Å². The maximum absolute atomic E-state index is 12.6. The molecule has 2 heterocycles. The molecule has 37 heavy (non-hydrogen) atoms. The second-order valence-corrected chi connectivity index (χ2v) is 8.63. The van der Waals surface area contributed by atoms with Gasteiger partial charge in [-0.3, -0.25) is 4.79 Å². The van der Waals surface area contributed by atoms with Gasteiger partial charge in [-0.1, -0.05) is 30.3 Å². The van der Waals surface area contributed by atoms with E-state index in [9.17, 15) is 9.59 Å². The number of nitrogens with zero attached hydrogens (tertiary/aromatic N) is 2. The van der Waals surface area contributed by atoms with Crippen LogP contribution in [0.5, 0.6) is 5.75 Å². The van der Waals surface area contributed by atoms with Crippen molar-refractivity contribution in [2.45, 2.75) is 6.54 Å². The van der Waals surface area contributed by atoms with Gasteiger partial charge in [-0.15, -0.1) is 0 Å². The predicted octanol–water partition coefficient (Wildman–Crippen LogP) is 4.73. The molecule has 1 atom stereocenters. The SMILES string of the molecule is Nc1ccccc1NC(=O)c1ccc(OCC[N+](C=O)(Cc2cnc[nH]2)c2cc3ccccc3o2)cc1. The van der Waals surface area contributed by atoms with Gasteiger partial charge in [0.1, 0.15) is 31.0 Å². The number of quaternary nitrogens is 1. The summed E-state index contributed by atoms with van der Waals surface area (Å²) in [4.78, 5) is 32.2. The molecule has 5 aromatic rings. The number of ether oxygens (including phenoxy) is 1. The molecular formula is C28H26N5O4+. The van der Waals surface area contributed by atoms with Crippen LogP contribution in [0.2, 0.25) is 0 Å². The summed E-state index contributed by atoms with van der Waals surface area (Å²) >= 11 is 0. The Labute approximate surface area is 213 Å². The average Bonchev–Trinajstić information content (AvgIpc) is 3.60. The number of nitrogen functional groups attached to an aromatic ring is 1. The first kappa shape index (κ1) is 23.8. The summed E-state index contributed by atoms with van der Waals surface area (Å²) in [5.41, 5.74) is 8.92. The molecule has 0 spiro atoms. The van der Waals surface area contributed by atoms with Crippen LogP contribution in [-0.2, 0) is 11.3 Å². The summed E-state index contributed by atoms with van der Waals surface area (Å²) in [6, 6.07) is 23.4. The zero-order valence-corrected chi connectivity index (χ0v) is 20.0. The van der Waals surface area contributed by atoms with Gasteiger partial charge in [0, 0.05) is 10.9 Å². The predicted molar refractivity (Wildman–Crippen MR) is 142 cm³/mol. The second kappa shape index (κ2) is 10.4. The van der Waals surface area contributed by atoms with E-state index >= 15 is 0 Å². The van der Waals surface area contributed by atoms with Gasteiger partial charge in [-0.2, -0.15) is 4.48 Å². The van der Waals surface area contributed by atoms with Crippen molar-refractivity contribution in [3.8, 4) is 5.75 Å². The Morgan fingerprint density at radius 1 is 1.08 bits per heavy atom. The number of para-hydroxylation sites is 3. The molecule has 5 rings (SSSR count). The van der Waals surface area contributed by atoms with E-state index in [1.54, 1.807) is 61.1 Å². The van der Waals surface area contributed by atoms with Crippen molar-refractivity contribution < 1.29 is 18.7 Å². The van der Waals surface area contributed by atoms with Crippen LogP contribution in [0.1, 0.15) is 16.1 Å². The highest BCUT2D eigenvalue weighted by molar-refractivity contribution is 6.05. The number of H-pyrrole nitrogens is 1. The zero-order valence-electron chi connectivity index (χ0n) is 20.0. The fourth-order valence-electron chi connectivity index (χ4n) is 4.11. The van der Waals surface area contributed by atoms with Gasteiger partial charge in [0.25, 0.3) is 5.91 Å². The number of furan rings is 1. The number of amides is 2. The van der Waals surface area contributed by atoms with E-state index in [0.29, 0.717) is 47.2 Å². The molecule has 0 aliphatic carbocycles. The van der Waals surface area contributed by atoms with Crippen molar-refractivity contribution in [2.24, 2.45) is 0 Å². The summed E-state index contributed by atoms with van der Waals surface area (Å²) in [5.74, 6) is 0.818. The Morgan fingerprint density at radius 3 is 2.59 bits per heavy atom. The number of hydrogen-bond donors (Lipinski definition) is 3. The number of anilines is 2. The number of carbonyl (C=O) groups excluding carboxylic acids is 2. The van der Waals surface area contributed by atoms with Crippen molar-refractivity contribution in [1.82, 2.24) is 14.5 Å². The van der Waals surface area contributed by atoms with E-state index < -0.39 is 0 Å². The maximum Gasteiger partial charge on any atom is 0.309 e. The van der Waals surface area contributed by atoms with Crippen molar-refractivity contribution in [3.05, 3.63) is 103 Å². The largest absolute Gasteiger partial charge is 0.488 e. The number of fused-ring (bicyclic) bond motifs is 1. The molecule has 1 unspecified atom stereocenters. The molecule has 0 aliphatic heterocycles. The highest BCUT2D eigenvalue weighted by atomic mass is 16.5. The van der Waals surface area contributed by atoms with E-state index in [-0.39, 0.29) is 17.0 Å². The quantitative estimate of drug-likeness (QED) is 0.146. The Kier molecular flexibility index (Phi) is 6.69. The van der Waals surface area contributed by atoms with Crippen LogP contribution in [0.4, 0.5) is 17.3 Å². The minimum Gasteiger partial charge on any atom is -0.488 e. The van der Waals surface area contributed by atoms with E-state index in [4.69, 9.17) is 14.9 Å². The third kappa shape index (κ3) is 5.21. The molecule has 186 valence electrons. The normalized spacial score (nSPS) is 12.6. The van der Waals surface area contributed by atoms with E-state index in [2.05, 4.69) is 15.3 Å². The molecule has 0 aliphatic rings. The number of hydrogen-bond acceptors (Lipinski definition) is 6. The number of benzene rings is 3. The lowest BCUT2D eigenvalue weighted by Crippen LogP contribution is -2.49. The van der Waals surface area contributed by atoms with Crippen LogP contribution in [0, 0.1) is 0 Å². The van der Waals surface area contributed by atoms with Crippen molar-refractivity contribution >= 4 is 40.5 Å². The molecule has 0 bridgehead atoms. The van der Waals surface area contributed by atoms with Crippen molar-refractivity contribution in [2.75, 3.05) is 24.2 Å². The average molecular weight is 497 g/mol. The summed E-state index contributed by atoms with van der Waals surface area (Å²) < 4.78 is 11.9. The fraction of sp³-hybridized carbons (Fsp3) is 0.107. The number of nitrogens with two attached hydrogens (primary N) is 1. The lowest BCUT2D eigenvalue weighted by atomic mass is 10.2. The van der Waals surface area contributed by atoms with Gasteiger partial charge in [0.05, 0.1) is 35.7 Å². The number of nitrogens with one attached hydrogen (secondary N) is 2. The summed E-state index contributed by atoms with van der Waals surface area (Å²) in [6.07, 6.45) is 4.13. The van der Waals surface area contributed by atoms with Crippen LogP contribution < -0.4 is 20.3 Å². The Hall–Kier alpha value is -4.89.